The number of ether oxygens (including phenoxy) is 1. The van der Waals surface area contributed by atoms with Crippen LogP contribution in [-0.4, -0.2) is 23.9 Å². The third kappa shape index (κ3) is 4.91. The summed E-state index contributed by atoms with van der Waals surface area (Å²) in [4.78, 5) is 12.0. The molecule has 0 bridgehead atoms. The molecule has 1 aliphatic rings. The Hall–Kier alpha value is -0.870. The highest BCUT2D eigenvalue weighted by Crippen LogP contribution is 2.18. The molecular weight excluding hydrogens is 318 g/mol. The first-order valence-electron chi connectivity index (χ1n) is 7.31. The number of carbonyl (C=O) groups is 1. The lowest BCUT2D eigenvalue weighted by atomic mass is 10.0. The standard InChI is InChI=1S/C16H22BrNO2/c17-12-15(13-6-2-1-3-7-13)18-16(19)10-9-14-8-4-5-11-20-14/h1-3,6-7,14-15H,4-5,8-12H2,(H,18,19). The van der Waals surface area contributed by atoms with Crippen LogP contribution in [0.15, 0.2) is 30.3 Å². The molecule has 2 unspecified atom stereocenters. The van der Waals surface area contributed by atoms with Gasteiger partial charge in [0.1, 0.15) is 0 Å². The molecule has 2 atom stereocenters. The van der Waals surface area contributed by atoms with Crippen LogP contribution in [0.3, 0.4) is 0 Å². The summed E-state index contributed by atoms with van der Waals surface area (Å²) in [5.74, 6) is 0.104. The Balaban J connectivity index is 1.77. The first-order valence-corrected chi connectivity index (χ1v) is 8.43. The number of nitrogens with one attached hydrogen (secondary N) is 1. The number of halogens is 1. The van der Waals surface area contributed by atoms with Crippen LogP contribution in [-0.2, 0) is 9.53 Å². The number of alkyl halides is 1. The van der Waals surface area contributed by atoms with Gasteiger partial charge in [0.25, 0.3) is 0 Å². The van der Waals surface area contributed by atoms with Crippen LogP contribution in [0, 0.1) is 0 Å². The normalized spacial score (nSPS) is 20.4. The molecule has 3 nitrogen and oxygen atoms in total. The molecule has 0 spiro atoms. The van der Waals surface area contributed by atoms with E-state index < -0.39 is 0 Å². The van der Waals surface area contributed by atoms with E-state index in [-0.39, 0.29) is 18.1 Å². The Kier molecular flexibility index (Phi) is 6.54. The fraction of sp³-hybridized carbons (Fsp3) is 0.562. The highest BCUT2D eigenvalue weighted by molar-refractivity contribution is 9.09. The minimum absolute atomic E-state index is 0.0379. The van der Waals surface area contributed by atoms with Gasteiger partial charge in [0.05, 0.1) is 12.1 Å². The molecule has 0 aliphatic carbocycles. The maximum Gasteiger partial charge on any atom is 0.220 e. The Morgan fingerprint density at radius 2 is 2.15 bits per heavy atom. The molecule has 4 heteroatoms. The van der Waals surface area contributed by atoms with Crippen molar-refractivity contribution in [2.24, 2.45) is 0 Å². The molecule has 1 heterocycles. The molecule has 1 amide bonds. The third-order valence-corrected chi connectivity index (χ3v) is 4.31. The van der Waals surface area contributed by atoms with Crippen molar-refractivity contribution in [2.75, 3.05) is 11.9 Å². The van der Waals surface area contributed by atoms with Gasteiger partial charge in [-0.05, 0) is 31.2 Å². The summed E-state index contributed by atoms with van der Waals surface area (Å²) < 4.78 is 5.66. The quantitative estimate of drug-likeness (QED) is 0.804. The second-order valence-electron chi connectivity index (χ2n) is 5.21. The van der Waals surface area contributed by atoms with E-state index >= 15 is 0 Å². The zero-order valence-corrected chi connectivity index (χ0v) is 13.3. The van der Waals surface area contributed by atoms with Gasteiger partial charge in [0, 0.05) is 18.4 Å². The summed E-state index contributed by atoms with van der Waals surface area (Å²) in [7, 11) is 0. The van der Waals surface area contributed by atoms with Gasteiger partial charge in [0.2, 0.25) is 5.91 Å². The molecule has 1 aromatic carbocycles. The molecule has 0 aromatic heterocycles. The fourth-order valence-corrected chi connectivity index (χ4v) is 3.03. The van der Waals surface area contributed by atoms with Crippen LogP contribution < -0.4 is 5.32 Å². The van der Waals surface area contributed by atoms with Crippen molar-refractivity contribution in [3.05, 3.63) is 35.9 Å². The van der Waals surface area contributed by atoms with Crippen LogP contribution in [0.1, 0.15) is 43.7 Å². The molecule has 1 aliphatic heterocycles. The number of benzene rings is 1. The van der Waals surface area contributed by atoms with E-state index in [0.717, 1.165) is 36.8 Å². The van der Waals surface area contributed by atoms with Gasteiger partial charge in [-0.3, -0.25) is 4.79 Å². The Labute approximate surface area is 129 Å². The predicted molar refractivity (Wildman–Crippen MR) is 83.9 cm³/mol. The third-order valence-electron chi connectivity index (χ3n) is 3.66. The SMILES string of the molecule is O=C(CCC1CCCCO1)NC(CBr)c1ccccc1. The van der Waals surface area contributed by atoms with Crippen LogP contribution in [0.2, 0.25) is 0 Å². The second-order valence-corrected chi connectivity index (χ2v) is 5.86. The van der Waals surface area contributed by atoms with E-state index in [2.05, 4.69) is 21.2 Å². The zero-order valence-electron chi connectivity index (χ0n) is 11.7. The van der Waals surface area contributed by atoms with Gasteiger partial charge in [-0.25, -0.2) is 0 Å². The maximum absolute atomic E-state index is 12.0. The molecule has 1 aromatic rings. The predicted octanol–water partition coefficient (Wildman–Crippen LogP) is 3.59. The van der Waals surface area contributed by atoms with Crippen molar-refractivity contribution in [1.82, 2.24) is 5.32 Å². The van der Waals surface area contributed by atoms with E-state index in [4.69, 9.17) is 4.74 Å². The van der Waals surface area contributed by atoms with Crippen molar-refractivity contribution in [2.45, 2.75) is 44.2 Å². The average Bonchev–Trinajstić information content (AvgIpc) is 2.52. The Morgan fingerprint density at radius 3 is 2.80 bits per heavy atom. The smallest absolute Gasteiger partial charge is 0.220 e. The molecule has 2 rings (SSSR count). The van der Waals surface area contributed by atoms with Crippen molar-refractivity contribution in [3.63, 3.8) is 0 Å². The lowest BCUT2D eigenvalue weighted by Gasteiger charge is -2.23. The van der Waals surface area contributed by atoms with Crippen molar-refractivity contribution in [1.29, 1.82) is 0 Å². The van der Waals surface area contributed by atoms with Gasteiger partial charge in [-0.1, -0.05) is 46.3 Å². The first-order chi connectivity index (χ1) is 9.79. The van der Waals surface area contributed by atoms with E-state index in [1.54, 1.807) is 0 Å². The maximum atomic E-state index is 12.0. The van der Waals surface area contributed by atoms with Crippen molar-refractivity contribution in [3.8, 4) is 0 Å². The molecule has 0 saturated carbocycles. The van der Waals surface area contributed by atoms with Crippen molar-refractivity contribution >= 4 is 21.8 Å². The first kappa shape index (κ1) is 15.5. The number of carbonyl (C=O) groups excluding carboxylic acids is 1. The van der Waals surface area contributed by atoms with Gasteiger partial charge in [-0.15, -0.1) is 0 Å². The van der Waals surface area contributed by atoms with Gasteiger partial charge in [0.15, 0.2) is 0 Å². The molecule has 0 radical (unpaired) electrons. The van der Waals surface area contributed by atoms with Gasteiger partial charge < -0.3 is 10.1 Å². The summed E-state index contributed by atoms with van der Waals surface area (Å²) in [5.41, 5.74) is 1.13. The molecule has 1 N–H and O–H groups in total. The summed E-state index contributed by atoms with van der Waals surface area (Å²) in [6.07, 6.45) is 5.11. The van der Waals surface area contributed by atoms with Gasteiger partial charge >= 0.3 is 0 Å². The fourth-order valence-electron chi connectivity index (χ4n) is 2.49. The number of hydrogen-bond donors (Lipinski definition) is 1. The minimum atomic E-state index is 0.0379. The van der Waals surface area contributed by atoms with E-state index in [0.29, 0.717) is 6.42 Å². The number of hydrogen-bond acceptors (Lipinski definition) is 2. The highest BCUT2D eigenvalue weighted by Gasteiger charge is 2.17. The minimum Gasteiger partial charge on any atom is -0.378 e. The zero-order chi connectivity index (χ0) is 14.2. The van der Waals surface area contributed by atoms with E-state index in [1.807, 2.05) is 30.3 Å². The van der Waals surface area contributed by atoms with Crippen molar-refractivity contribution < 1.29 is 9.53 Å². The van der Waals surface area contributed by atoms with Crippen LogP contribution in [0.25, 0.3) is 0 Å². The molecule has 20 heavy (non-hydrogen) atoms. The van der Waals surface area contributed by atoms with E-state index in [1.165, 1.54) is 6.42 Å². The van der Waals surface area contributed by atoms with Gasteiger partial charge in [-0.2, -0.15) is 0 Å². The lowest BCUT2D eigenvalue weighted by molar-refractivity contribution is -0.122. The number of amides is 1. The second kappa shape index (κ2) is 8.42. The lowest BCUT2D eigenvalue weighted by Crippen LogP contribution is -2.30. The van der Waals surface area contributed by atoms with Crippen LogP contribution in [0.4, 0.5) is 0 Å². The Bertz CT molecular complexity index is 404. The summed E-state index contributed by atoms with van der Waals surface area (Å²) in [5, 5.41) is 3.81. The molecular formula is C16H22BrNO2. The highest BCUT2D eigenvalue weighted by atomic mass is 79.9. The molecule has 110 valence electrons. The topological polar surface area (TPSA) is 38.3 Å². The van der Waals surface area contributed by atoms with E-state index in [9.17, 15) is 4.79 Å². The average molecular weight is 340 g/mol. The molecule has 1 saturated heterocycles. The number of rotatable bonds is 6. The summed E-state index contributed by atoms with van der Waals surface area (Å²) in [6.45, 7) is 0.848. The van der Waals surface area contributed by atoms with Crippen LogP contribution in [0.5, 0.6) is 0 Å². The Morgan fingerprint density at radius 1 is 1.35 bits per heavy atom. The summed E-state index contributed by atoms with van der Waals surface area (Å²) in [6, 6.07) is 10.1. The molecule has 1 fully saturated rings. The summed E-state index contributed by atoms with van der Waals surface area (Å²) >= 11 is 3.47. The van der Waals surface area contributed by atoms with Crippen LogP contribution >= 0.6 is 15.9 Å². The largest absolute Gasteiger partial charge is 0.378 e. The monoisotopic (exact) mass is 339 g/mol.